The molecular formula is C14H16N2O3S. The topological polar surface area (TPSA) is 52.8 Å². The Morgan fingerprint density at radius 1 is 1.35 bits per heavy atom. The summed E-state index contributed by atoms with van der Waals surface area (Å²) in [5, 5.41) is 1.89. The van der Waals surface area contributed by atoms with E-state index in [2.05, 4.69) is 4.99 Å². The van der Waals surface area contributed by atoms with Crippen LogP contribution in [0.1, 0.15) is 5.56 Å². The number of benzene rings is 1. The quantitative estimate of drug-likeness (QED) is 0.863. The van der Waals surface area contributed by atoms with Gasteiger partial charge < -0.3 is 14.0 Å². The molecule has 0 radical (unpaired) electrons. The Labute approximate surface area is 121 Å². The summed E-state index contributed by atoms with van der Waals surface area (Å²) in [5.74, 6) is 1.13. The molecule has 0 N–H and O–H groups in total. The summed E-state index contributed by atoms with van der Waals surface area (Å²) >= 11 is 1.43. The van der Waals surface area contributed by atoms with Crippen molar-refractivity contribution < 1.29 is 14.3 Å². The Morgan fingerprint density at radius 2 is 2.15 bits per heavy atom. The van der Waals surface area contributed by atoms with E-state index >= 15 is 0 Å². The van der Waals surface area contributed by atoms with E-state index in [-0.39, 0.29) is 12.3 Å². The largest absolute Gasteiger partial charge is 0.497 e. The number of thiazole rings is 1. The zero-order chi connectivity index (χ0) is 14.5. The monoisotopic (exact) mass is 292 g/mol. The number of carbonyl (C=O) groups is 1. The van der Waals surface area contributed by atoms with Gasteiger partial charge in [0.1, 0.15) is 11.5 Å². The van der Waals surface area contributed by atoms with E-state index in [0.29, 0.717) is 16.3 Å². The van der Waals surface area contributed by atoms with E-state index in [4.69, 9.17) is 9.47 Å². The molecule has 0 saturated heterocycles. The minimum absolute atomic E-state index is 0.179. The van der Waals surface area contributed by atoms with Gasteiger partial charge in [0, 0.05) is 24.2 Å². The summed E-state index contributed by atoms with van der Waals surface area (Å²) in [4.78, 5) is 16.8. The van der Waals surface area contributed by atoms with Crippen LogP contribution in [0.3, 0.4) is 0 Å². The van der Waals surface area contributed by atoms with Gasteiger partial charge in [0.15, 0.2) is 4.80 Å². The molecule has 20 heavy (non-hydrogen) atoms. The fourth-order valence-electron chi connectivity index (χ4n) is 1.76. The predicted molar refractivity (Wildman–Crippen MR) is 77.1 cm³/mol. The molecule has 0 aliphatic heterocycles. The van der Waals surface area contributed by atoms with Gasteiger partial charge in [0.25, 0.3) is 5.91 Å². The summed E-state index contributed by atoms with van der Waals surface area (Å²) in [5.41, 5.74) is 0.764. The van der Waals surface area contributed by atoms with Gasteiger partial charge >= 0.3 is 0 Å². The molecule has 1 amide bonds. The highest BCUT2D eigenvalue weighted by atomic mass is 32.1. The second kappa shape index (κ2) is 6.38. The van der Waals surface area contributed by atoms with E-state index in [1.54, 1.807) is 32.4 Å². The summed E-state index contributed by atoms with van der Waals surface area (Å²) in [6, 6.07) is 5.37. The Kier molecular flexibility index (Phi) is 4.57. The smallest absolute Gasteiger partial charge is 0.252 e. The maximum atomic E-state index is 12.0. The summed E-state index contributed by atoms with van der Waals surface area (Å²) in [6.07, 6.45) is 2.04. The van der Waals surface area contributed by atoms with Crippen molar-refractivity contribution in [3.05, 3.63) is 40.1 Å². The average Bonchev–Trinajstić information content (AvgIpc) is 2.84. The number of rotatable bonds is 4. The maximum Gasteiger partial charge on any atom is 0.252 e. The van der Waals surface area contributed by atoms with Crippen LogP contribution < -0.4 is 14.3 Å². The van der Waals surface area contributed by atoms with Gasteiger partial charge in [-0.2, -0.15) is 4.99 Å². The van der Waals surface area contributed by atoms with Gasteiger partial charge in [0.05, 0.1) is 20.6 Å². The fraction of sp³-hybridized carbons (Fsp3) is 0.286. The van der Waals surface area contributed by atoms with Gasteiger partial charge in [-0.15, -0.1) is 11.3 Å². The number of amides is 1. The molecule has 0 atom stereocenters. The van der Waals surface area contributed by atoms with Crippen LogP contribution in [0.15, 0.2) is 34.8 Å². The van der Waals surface area contributed by atoms with E-state index < -0.39 is 0 Å². The lowest BCUT2D eigenvalue weighted by Gasteiger charge is -2.08. The summed E-state index contributed by atoms with van der Waals surface area (Å²) in [6.45, 7) is 0. The minimum atomic E-state index is -0.213. The third-order valence-electron chi connectivity index (χ3n) is 2.81. The molecule has 106 valence electrons. The van der Waals surface area contributed by atoms with Crippen LogP contribution in [-0.4, -0.2) is 24.7 Å². The molecule has 1 heterocycles. The molecule has 6 heteroatoms. The first-order valence-corrected chi connectivity index (χ1v) is 6.90. The molecule has 0 aliphatic rings. The Hall–Kier alpha value is -2.08. The Balaban J connectivity index is 2.25. The molecule has 0 spiro atoms. The zero-order valence-corrected chi connectivity index (χ0v) is 12.4. The molecule has 0 unspecified atom stereocenters. The number of aryl methyl sites for hydroxylation is 1. The highest BCUT2D eigenvalue weighted by Crippen LogP contribution is 2.24. The number of nitrogens with zero attached hydrogens (tertiary/aromatic N) is 2. The standard InChI is InChI=1S/C14H16N2O3S/c1-16-6-7-20-14(16)15-13(17)9-10-8-11(18-2)4-5-12(10)19-3/h4-8H,9H2,1-3H3. The lowest BCUT2D eigenvalue weighted by Crippen LogP contribution is -2.13. The van der Waals surface area contributed by atoms with Crippen LogP contribution in [0.5, 0.6) is 11.5 Å². The predicted octanol–water partition coefficient (Wildman–Crippen LogP) is 1.77. The zero-order valence-electron chi connectivity index (χ0n) is 11.6. The first-order chi connectivity index (χ1) is 9.63. The van der Waals surface area contributed by atoms with Crippen molar-refractivity contribution in [2.45, 2.75) is 6.42 Å². The SMILES string of the molecule is COc1ccc(OC)c(CC(=O)N=c2sccn2C)c1. The van der Waals surface area contributed by atoms with Crippen LogP contribution in [0.25, 0.3) is 0 Å². The fourth-order valence-corrected chi connectivity index (χ4v) is 2.51. The Morgan fingerprint density at radius 3 is 2.75 bits per heavy atom. The third kappa shape index (κ3) is 3.27. The number of hydrogen-bond donors (Lipinski definition) is 0. The van der Waals surface area contributed by atoms with Crippen molar-refractivity contribution in [3.63, 3.8) is 0 Å². The van der Waals surface area contributed by atoms with Gasteiger partial charge in [-0.05, 0) is 18.2 Å². The van der Waals surface area contributed by atoms with Gasteiger partial charge in [-0.25, -0.2) is 0 Å². The summed E-state index contributed by atoms with van der Waals surface area (Å²) in [7, 11) is 5.02. The lowest BCUT2D eigenvalue weighted by molar-refractivity contribution is -0.117. The average molecular weight is 292 g/mol. The highest BCUT2D eigenvalue weighted by Gasteiger charge is 2.10. The number of hydrogen-bond acceptors (Lipinski definition) is 4. The van der Waals surface area contributed by atoms with Gasteiger partial charge in [-0.1, -0.05) is 0 Å². The molecule has 5 nitrogen and oxygen atoms in total. The van der Waals surface area contributed by atoms with E-state index in [0.717, 1.165) is 5.56 Å². The number of aromatic nitrogens is 1. The molecule has 1 aromatic carbocycles. The second-order valence-electron chi connectivity index (χ2n) is 4.16. The van der Waals surface area contributed by atoms with E-state index in [1.165, 1.54) is 11.3 Å². The molecule has 2 rings (SSSR count). The molecular weight excluding hydrogens is 276 g/mol. The number of carbonyl (C=O) groups excluding carboxylic acids is 1. The maximum absolute atomic E-state index is 12.0. The normalized spacial score (nSPS) is 11.4. The van der Waals surface area contributed by atoms with Crippen LogP contribution in [0.4, 0.5) is 0 Å². The van der Waals surface area contributed by atoms with Crippen molar-refractivity contribution in [1.29, 1.82) is 0 Å². The van der Waals surface area contributed by atoms with Crippen molar-refractivity contribution in [1.82, 2.24) is 4.57 Å². The molecule has 0 saturated carbocycles. The highest BCUT2D eigenvalue weighted by molar-refractivity contribution is 7.07. The van der Waals surface area contributed by atoms with E-state index in [1.807, 2.05) is 23.2 Å². The van der Waals surface area contributed by atoms with Crippen molar-refractivity contribution in [3.8, 4) is 11.5 Å². The van der Waals surface area contributed by atoms with Gasteiger partial charge in [0.2, 0.25) is 0 Å². The first kappa shape index (κ1) is 14.3. The number of ether oxygens (including phenoxy) is 2. The minimum Gasteiger partial charge on any atom is -0.497 e. The third-order valence-corrected chi connectivity index (χ3v) is 3.66. The molecule has 1 aromatic heterocycles. The number of methoxy groups -OCH3 is 2. The first-order valence-electron chi connectivity index (χ1n) is 6.02. The van der Waals surface area contributed by atoms with Gasteiger partial charge in [-0.3, -0.25) is 4.79 Å². The van der Waals surface area contributed by atoms with Crippen molar-refractivity contribution in [2.75, 3.05) is 14.2 Å². The molecule has 0 aliphatic carbocycles. The summed E-state index contributed by atoms with van der Waals surface area (Å²) < 4.78 is 12.2. The molecule has 0 fully saturated rings. The Bertz CT molecular complexity index is 673. The van der Waals surface area contributed by atoms with Crippen LogP contribution >= 0.6 is 11.3 Å². The molecule has 2 aromatic rings. The van der Waals surface area contributed by atoms with Crippen molar-refractivity contribution in [2.24, 2.45) is 12.0 Å². The van der Waals surface area contributed by atoms with Crippen LogP contribution in [0, 0.1) is 0 Å². The van der Waals surface area contributed by atoms with Crippen LogP contribution in [0.2, 0.25) is 0 Å². The van der Waals surface area contributed by atoms with E-state index in [9.17, 15) is 4.79 Å². The lowest BCUT2D eigenvalue weighted by atomic mass is 10.1. The molecule has 0 bridgehead atoms. The van der Waals surface area contributed by atoms with Crippen molar-refractivity contribution >= 4 is 17.2 Å². The van der Waals surface area contributed by atoms with Crippen LogP contribution in [-0.2, 0) is 18.3 Å². The second-order valence-corrected chi connectivity index (χ2v) is 5.03.